The number of sulfone groups is 1. The highest BCUT2D eigenvalue weighted by Crippen LogP contribution is 2.31. The predicted octanol–water partition coefficient (Wildman–Crippen LogP) is 0.597. The third kappa shape index (κ3) is 2.38. The molecule has 1 fully saturated rings. The van der Waals surface area contributed by atoms with Crippen LogP contribution in [0.2, 0.25) is 0 Å². The summed E-state index contributed by atoms with van der Waals surface area (Å²) < 4.78 is 23.5. The van der Waals surface area contributed by atoms with E-state index in [2.05, 4.69) is 25.1 Å². The van der Waals surface area contributed by atoms with E-state index in [1.54, 1.807) is 6.20 Å². The number of aromatic nitrogens is 4. The largest absolute Gasteiger partial charge is 0.356 e. The van der Waals surface area contributed by atoms with Crippen molar-refractivity contribution in [3.05, 3.63) is 30.5 Å². The number of anilines is 1. The van der Waals surface area contributed by atoms with Gasteiger partial charge in [0.1, 0.15) is 17.0 Å². The van der Waals surface area contributed by atoms with Crippen LogP contribution in [0.25, 0.3) is 0 Å². The summed E-state index contributed by atoms with van der Waals surface area (Å²) in [4.78, 5) is 10.5. The van der Waals surface area contributed by atoms with Crippen molar-refractivity contribution in [2.24, 2.45) is 0 Å². The van der Waals surface area contributed by atoms with Gasteiger partial charge >= 0.3 is 0 Å². The molecule has 0 saturated carbocycles. The van der Waals surface area contributed by atoms with Crippen molar-refractivity contribution < 1.29 is 8.42 Å². The number of nitrogens with zero attached hydrogens (tertiary/aromatic N) is 4. The van der Waals surface area contributed by atoms with Gasteiger partial charge in [-0.1, -0.05) is 0 Å². The van der Waals surface area contributed by atoms with E-state index in [1.165, 1.54) is 18.8 Å². The van der Waals surface area contributed by atoms with Crippen molar-refractivity contribution in [2.75, 3.05) is 24.2 Å². The second-order valence-corrected chi connectivity index (χ2v) is 6.90. The maximum atomic E-state index is 11.7. The maximum absolute atomic E-state index is 11.7. The van der Waals surface area contributed by atoms with E-state index in [-0.39, 0.29) is 5.92 Å². The summed E-state index contributed by atoms with van der Waals surface area (Å²) in [5.41, 5.74) is 0.698. The molecule has 1 aliphatic heterocycles. The van der Waals surface area contributed by atoms with Crippen molar-refractivity contribution in [3.63, 3.8) is 0 Å². The fourth-order valence-corrected chi connectivity index (χ4v) is 3.40. The fourth-order valence-electron chi connectivity index (χ4n) is 2.55. The Hall–Kier alpha value is -1.96. The molecule has 0 spiro atoms. The molecule has 8 heteroatoms. The molecule has 7 nitrogen and oxygen atoms in total. The Balaban J connectivity index is 1.83. The molecule has 1 atom stereocenters. The smallest absolute Gasteiger partial charge is 0.178 e. The Bertz CT molecular complexity index is 698. The molecule has 0 aliphatic carbocycles. The SMILES string of the molecule is CS(=O)(=O)c1cn[nH]c1C1CCN(c2ccncn2)C1. The summed E-state index contributed by atoms with van der Waals surface area (Å²) in [5.74, 6) is 0.986. The molecule has 1 saturated heterocycles. The monoisotopic (exact) mass is 293 g/mol. The van der Waals surface area contributed by atoms with E-state index >= 15 is 0 Å². The molecule has 0 amide bonds. The van der Waals surface area contributed by atoms with E-state index in [1.807, 2.05) is 6.07 Å². The molecule has 106 valence electrons. The first-order valence-corrected chi connectivity index (χ1v) is 8.19. The molecule has 3 heterocycles. The quantitative estimate of drug-likeness (QED) is 0.891. The van der Waals surface area contributed by atoms with Gasteiger partial charge in [0.15, 0.2) is 9.84 Å². The summed E-state index contributed by atoms with van der Waals surface area (Å²) in [5, 5.41) is 6.72. The lowest BCUT2D eigenvalue weighted by molar-refractivity contribution is 0.598. The molecular formula is C12H15N5O2S. The lowest BCUT2D eigenvalue weighted by Gasteiger charge is -2.16. The molecule has 1 aliphatic rings. The highest BCUT2D eigenvalue weighted by atomic mass is 32.2. The summed E-state index contributed by atoms with van der Waals surface area (Å²) in [7, 11) is -3.25. The molecular weight excluding hydrogens is 278 g/mol. The zero-order chi connectivity index (χ0) is 14.2. The van der Waals surface area contributed by atoms with Crippen molar-refractivity contribution in [2.45, 2.75) is 17.2 Å². The summed E-state index contributed by atoms with van der Waals surface area (Å²) in [6.45, 7) is 1.56. The number of H-pyrrole nitrogens is 1. The number of rotatable bonds is 3. The first-order chi connectivity index (χ1) is 9.55. The van der Waals surface area contributed by atoms with Crippen molar-refractivity contribution >= 4 is 15.7 Å². The minimum atomic E-state index is -3.25. The molecule has 0 aromatic carbocycles. The maximum Gasteiger partial charge on any atom is 0.178 e. The number of hydrogen-bond donors (Lipinski definition) is 1. The van der Waals surface area contributed by atoms with Crippen LogP contribution in [0.5, 0.6) is 0 Å². The second kappa shape index (κ2) is 4.86. The van der Waals surface area contributed by atoms with Crippen molar-refractivity contribution in [1.29, 1.82) is 0 Å². The number of aromatic amines is 1. The normalized spacial score (nSPS) is 19.4. The first-order valence-electron chi connectivity index (χ1n) is 6.30. The molecule has 2 aromatic heterocycles. The molecule has 1 N–H and O–H groups in total. The van der Waals surface area contributed by atoms with Crippen LogP contribution < -0.4 is 4.90 Å². The van der Waals surface area contributed by atoms with Crippen LogP contribution in [0.3, 0.4) is 0 Å². The summed E-state index contributed by atoms with van der Waals surface area (Å²) >= 11 is 0. The lowest BCUT2D eigenvalue weighted by atomic mass is 10.1. The molecule has 0 radical (unpaired) electrons. The van der Waals surface area contributed by atoms with Gasteiger partial charge in [-0.25, -0.2) is 18.4 Å². The first kappa shape index (κ1) is 13.0. The molecule has 3 rings (SSSR count). The van der Waals surface area contributed by atoms with Gasteiger partial charge in [0.05, 0.1) is 11.9 Å². The Morgan fingerprint density at radius 3 is 3.00 bits per heavy atom. The molecule has 0 bridgehead atoms. The van der Waals surface area contributed by atoms with Gasteiger partial charge in [-0.05, 0) is 12.5 Å². The van der Waals surface area contributed by atoms with Crippen molar-refractivity contribution in [3.8, 4) is 0 Å². The third-order valence-electron chi connectivity index (χ3n) is 3.52. The highest BCUT2D eigenvalue weighted by molar-refractivity contribution is 7.90. The van der Waals surface area contributed by atoms with E-state index < -0.39 is 9.84 Å². The third-order valence-corrected chi connectivity index (χ3v) is 4.64. The average molecular weight is 293 g/mol. The Labute approximate surface area is 117 Å². The van der Waals surface area contributed by atoms with Crippen LogP contribution in [-0.2, 0) is 9.84 Å². The number of nitrogens with one attached hydrogen (secondary N) is 1. The number of hydrogen-bond acceptors (Lipinski definition) is 6. The van der Waals surface area contributed by atoms with Gasteiger partial charge in [0, 0.05) is 31.5 Å². The Kier molecular flexibility index (Phi) is 3.17. The zero-order valence-electron chi connectivity index (χ0n) is 11.0. The highest BCUT2D eigenvalue weighted by Gasteiger charge is 2.30. The minimum absolute atomic E-state index is 0.122. The lowest BCUT2D eigenvalue weighted by Crippen LogP contribution is -2.20. The average Bonchev–Trinajstić information content (AvgIpc) is 3.08. The topological polar surface area (TPSA) is 91.8 Å². The van der Waals surface area contributed by atoms with Gasteiger partial charge in [-0.2, -0.15) is 5.10 Å². The van der Waals surface area contributed by atoms with Crippen LogP contribution in [-0.4, -0.2) is 47.9 Å². The van der Waals surface area contributed by atoms with Gasteiger partial charge in [0.25, 0.3) is 0 Å². The van der Waals surface area contributed by atoms with E-state index in [9.17, 15) is 8.42 Å². The molecule has 20 heavy (non-hydrogen) atoms. The van der Waals surface area contributed by atoms with E-state index in [4.69, 9.17) is 0 Å². The summed E-state index contributed by atoms with van der Waals surface area (Å²) in [6.07, 6.45) is 6.68. The minimum Gasteiger partial charge on any atom is -0.356 e. The fraction of sp³-hybridized carbons (Fsp3) is 0.417. The van der Waals surface area contributed by atoms with Crippen LogP contribution >= 0.6 is 0 Å². The van der Waals surface area contributed by atoms with Crippen LogP contribution in [0.1, 0.15) is 18.0 Å². The second-order valence-electron chi connectivity index (χ2n) is 4.92. The van der Waals surface area contributed by atoms with Gasteiger partial charge in [-0.3, -0.25) is 5.10 Å². The summed E-state index contributed by atoms with van der Waals surface area (Å²) in [6, 6.07) is 1.85. The standard InChI is InChI=1S/C12H15N5O2S/c1-20(18,19)10-6-15-16-12(10)9-3-5-17(7-9)11-2-4-13-8-14-11/h2,4,6,8-9H,3,5,7H2,1H3,(H,15,16). The van der Waals surface area contributed by atoms with E-state index in [0.29, 0.717) is 10.6 Å². The molecule has 1 unspecified atom stereocenters. The van der Waals surface area contributed by atoms with E-state index in [0.717, 1.165) is 25.3 Å². The predicted molar refractivity (Wildman–Crippen MR) is 73.3 cm³/mol. The van der Waals surface area contributed by atoms with Gasteiger partial charge in [-0.15, -0.1) is 0 Å². The Morgan fingerprint density at radius 1 is 1.45 bits per heavy atom. The zero-order valence-corrected chi connectivity index (χ0v) is 11.8. The van der Waals surface area contributed by atoms with Gasteiger partial charge in [0.2, 0.25) is 0 Å². The van der Waals surface area contributed by atoms with Crippen LogP contribution in [0.15, 0.2) is 29.7 Å². The van der Waals surface area contributed by atoms with Crippen molar-refractivity contribution in [1.82, 2.24) is 20.2 Å². The Morgan fingerprint density at radius 2 is 2.30 bits per heavy atom. The molecule has 2 aromatic rings. The van der Waals surface area contributed by atoms with Gasteiger partial charge < -0.3 is 4.90 Å². The van der Waals surface area contributed by atoms with Crippen LogP contribution in [0.4, 0.5) is 5.82 Å². The van der Waals surface area contributed by atoms with Crippen LogP contribution in [0, 0.1) is 0 Å².